The molecule has 8 rings (SSSR count). The number of carbonyl (C=O) groups is 2. The molecule has 6 atom stereocenters. The van der Waals surface area contributed by atoms with E-state index in [2.05, 4.69) is 72.3 Å². The number of aliphatic hydroxyl groups is 2. The Balaban J connectivity index is 1.21. The smallest absolute Gasteiger partial charge is 0.412 e. The molecule has 0 bridgehead atoms. The van der Waals surface area contributed by atoms with Gasteiger partial charge in [0.25, 0.3) is 0 Å². The lowest BCUT2D eigenvalue weighted by Gasteiger charge is -2.60. The van der Waals surface area contributed by atoms with E-state index in [1.54, 1.807) is 6.08 Å². The van der Waals surface area contributed by atoms with Crippen LogP contribution >= 0.6 is 0 Å². The average molecular weight is 1050 g/mol. The molecular weight excluding hydrogens is 963 g/mol. The molecule has 3 N–H and O–H groups in total. The molecule has 2 fully saturated rings. The van der Waals surface area contributed by atoms with E-state index in [0.29, 0.717) is 56.2 Å². The molecule has 416 valence electrons. The van der Waals surface area contributed by atoms with Gasteiger partial charge in [0.1, 0.15) is 24.1 Å². The van der Waals surface area contributed by atoms with Crippen molar-refractivity contribution in [3.8, 4) is 11.5 Å². The fourth-order valence-corrected chi connectivity index (χ4v) is 13.2. The molecule has 0 saturated heterocycles. The van der Waals surface area contributed by atoms with Crippen molar-refractivity contribution in [1.82, 2.24) is 10.2 Å². The van der Waals surface area contributed by atoms with E-state index in [4.69, 9.17) is 24.2 Å². The summed E-state index contributed by atoms with van der Waals surface area (Å²) in [7, 11) is 0. The van der Waals surface area contributed by atoms with Crippen molar-refractivity contribution in [3.63, 3.8) is 0 Å². The second-order valence-electron chi connectivity index (χ2n) is 22.4. The Labute approximate surface area is 459 Å². The van der Waals surface area contributed by atoms with Crippen LogP contribution in [0.1, 0.15) is 177 Å². The SMILES string of the molecule is C=CCO[C@@]12Oc3ccc(OC(=O)NCCCCCCCCCCCC)cc3[C@H]3[C@H](CCCCO)[C@@H](CCCCO)C=C(C(=NOCc4ccccc4)C[C@@H]1N(Cc1cccc4ccccc14)C(=O)CCC1CCCC1)[C@H]32. The summed E-state index contributed by atoms with van der Waals surface area (Å²) in [5, 5.41) is 30.6. The van der Waals surface area contributed by atoms with Crippen LogP contribution < -0.4 is 14.8 Å². The number of rotatable bonds is 32. The summed E-state index contributed by atoms with van der Waals surface area (Å²) in [5.74, 6) is -0.550. The number of oxime groups is 1. The van der Waals surface area contributed by atoms with Gasteiger partial charge in [0.05, 0.1) is 18.2 Å². The second-order valence-corrected chi connectivity index (χ2v) is 22.4. The van der Waals surface area contributed by atoms with Gasteiger partial charge in [-0.05, 0) is 102 Å². The molecule has 11 heteroatoms. The number of amides is 2. The molecule has 1 aliphatic heterocycles. The first-order valence-corrected chi connectivity index (χ1v) is 29.8. The molecular formula is C66H89N3O8. The lowest BCUT2D eigenvalue weighted by atomic mass is 9.55. The van der Waals surface area contributed by atoms with Gasteiger partial charge in [-0.15, -0.1) is 6.58 Å². The summed E-state index contributed by atoms with van der Waals surface area (Å²) in [5.41, 5.74) is 4.64. The van der Waals surface area contributed by atoms with Gasteiger partial charge in [0.2, 0.25) is 11.7 Å². The monoisotopic (exact) mass is 1050 g/mol. The molecule has 3 aliphatic carbocycles. The topological polar surface area (TPSA) is 139 Å². The van der Waals surface area contributed by atoms with Crippen LogP contribution in [0, 0.1) is 23.7 Å². The number of carbonyl (C=O) groups excluding carboxylic acids is 2. The molecule has 4 aliphatic rings. The number of hydrogen-bond acceptors (Lipinski definition) is 9. The maximum atomic E-state index is 15.6. The van der Waals surface area contributed by atoms with Gasteiger partial charge in [-0.3, -0.25) is 4.79 Å². The first-order chi connectivity index (χ1) is 37.9. The Kier molecular flexibility index (Phi) is 22.5. The zero-order valence-corrected chi connectivity index (χ0v) is 46.2. The van der Waals surface area contributed by atoms with Gasteiger partial charge in [-0.2, -0.15) is 0 Å². The third kappa shape index (κ3) is 15.2. The Bertz CT molecular complexity index is 2530. The van der Waals surface area contributed by atoms with Crippen molar-refractivity contribution in [2.24, 2.45) is 28.8 Å². The van der Waals surface area contributed by atoms with Gasteiger partial charge in [0.15, 0.2) is 0 Å². The van der Waals surface area contributed by atoms with Gasteiger partial charge in [-0.25, -0.2) is 4.79 Å². The highest BCUT2D eigenvalue weighted by molar-refractivity contribution is 6.03. The Morgan fingerprint density at radius 2 is 1.53 bits per heavy atom. The second kappa shape index (κ2) is 30.0. The molecule has 4 aromatic carbocycles. The minimum atomic E-state index is -1.43. The molecule has 0 spiro atoms. The first-order valence-electron chi connectivity index (χ1n) is 29.8. The summed E-state index contributed by atoms with van der Waals surface area (Å²) in [6, 6.07) is 29.8. The Morgan fingerprint density at radius 3 is 2.29 bits per heavy atom. The van der Waals surface area contributed by atoms with E-state index < -0.39 is 23.8 Å². The summed E-state index contributed by atoms with van der Waals surface area (Å²) in [4.78, 5) is 37.6. The largest absolute Gasteiger partial charge is 0.459 e. The standard InChI is InChI=1S/C66H89N3O8/c1-3-5-6-7-8-9-10-11-12-22-40-67-65(73)76-54-37-38-60-58(45-54)63-56(35-21-24-42-71)52(31-20-23-41-70)44-57-59(68-75-48-50-28-14-13-15-29-50)46-61(66(77-60,64(57)63)74-43-4-2)69(62(72)39-36-49-26-16-17-27-49)47-53-33-25-32-51-30-18-19-34-55(51)53/h4,13-15,18-19,25,28-30,32-34,37-38,44-45,49,52,56,61,63-64,70-71H,2-3,5-12,16-17,20-24,26-27,31,35-36,39-43,46-48H2,1H3,(H,67,73)/t52-,56+,61-,63+,64+,66+/m0/s1. The Morgan fingerprint density at radius 1 is 0.818 bits per heavy atom. The number of nitrogens with one attached hydrogen (secondary N) is 1. The van der Waals surface area contributed by atoms with Crippen LogP contribution in [0.25, 0.3) is 10.8 Å². The molecule has 1 heterocycles. The van der Waals surface area contributed by atoms with Crippen LogP contribution in [0.2, 0.25) is 0 Å². The van der Waals surface area contributed by atoms with Crippen molar-refractivity contribution in [2.45, 2.75) is 186 Å². The highest BCUT2D eigenvalue weighted by atomic mass is 16.7. The van der Waals surface area contributed by atoms with Crippen molar-refractivity contribution >= 4 is 28.5 Å². The number of ether oxygens (including phenoxy) is 3. The fourth-order valence-electron chi connectivity index (χ4n) is 13.2. The van der Waals surface area contributed by atoms with Crippen LogP contribution in [0.4, 0.5) is 4.79 Å². The normalized spacial score (nSPS) is 22.2. The van der Waals surface area contributed by atoms with Crippen LogP contribution in [-0.4, -0.2) is 71.0 Å². The minimum Gasteiger partial charge on any atom is -0.459 e. The highest BCUT2D eigenvalue weighted by Crippen LogP contribution is 2.62. The first kappa shape index (κ1) is 57.7. The average Bonchev–Trinajstić information content (AvgIpc) is 4.08. The van der Waals surface area contributed by atoms with Crippen LogP contribution in [0.5, 0.6) is 11.5 Å². The third-order valence-corrected chi connectivity index (χ3v) is 17.1. The van der Waals surface area contributed by atoms with E-state index in [-0.39, 0.29) is 50.1 Å². The van der Waals surface area contributed by atoms with Crippen molar-refractivity contribution in [3.05, 3.63) is 132 Å². The molecule has 2 amide bonds. The zero-order chi connectivity index (χ0) is 53.7. The van der Waals surface area contributed by atoms with Gasteiger partial charge < -0.3 is 39.5 Å². The Hall–Kier alpha value is -5.49. The van der Waals surface area contributed by atoms with E-state index >= 15 is 4.79 Å². The number of aliphatic hydroxyl groups excluding tert-OH is 2. The summed E-state index contributed by atoms with van der Waals surface area (Å²) < 4.78 is 21.1. The van der Waals surface area contributed by atoms with E-state index in [9.17, 15) is 15.0 Å². The number of allylic oxidation sites excluding steroid dienone is 1. The van der Waals surface area contributed by atoms with Crippen LogP contribution in [0.3, 0.4) is 0 Å². The van der Waals surface area contributed by atoms with Gasteiger partial charge >= 0.3 is 6.09 Å². The van der Waals surface area contributed by atoms with Crippen molar-refractivity contribution in [2.75, 3.05) is 26.4 Å². The summed E-state index contributed by atoms with van der Waals surface area (Å²) in [6.45, 7) is 7.88. The molecule has 11 nitrogen and oxygen atoms in total. The zero-order valence-electron chi connectivity index (χ0n) is 46.2. The van der Waals surface area contributed by atoms with Crippen molar-refractivity contribution in [1.29, 1.82) is 0 Å². The van der Waals surface area contributed by atoms with E-state index in [1.165, 1.54) is 57.8 Å². The molecule has 77 heavy (non-hydrogen) atoms. The third-order valence-electron chi connectivity index (χ3n) is 17.1. The summed E-state index contributed by atoms with van der Waals surface area (Å²) >= 11 is 0. The molecule has 0 aromatic heterocycles. The lowest BCUT2D eigenvalue weighted by molar-refractivity contribution is -0.258. The van der Waals surface area contributed by atoms with Crippen molar-refractivity contribution < 1.29 is 38.9 Å². The molecule has 0 radical (unpaired) electrons. The molecule has 2 saturated carbocycles. The fraction of sp³-hybridized carbons (Fsp3) is 0.561. The maximum absolute atomic E-state index is 15.6. The highest BCUT2D eigenvalue weighted by Gasteiger charge is 2.65. The summed E-state index contributed by atoms with van der Waals surface area (Å²) in [6.07, 6.45) is 26.5. The van der Waals surface area contributed by atoms with Gasteiger partial charge in [-0.1, -0.05) is 193 Å². The maximum Gasteiger partial charge on any atom is 0.412 e. The van der Waals surface area contributed by atoms with Gasteiger partial charge in [0, 0.05) is 50.6 Å². The number of benzene rings is 4. The number of unbranched alkanes of at least 4 members (excludes halogenated alkanes) is 11. The number of nitrogens with zero attached hydrogens (tertiary/aromatic N) is 2. The predicted octanol–water partition coefficient (Wildman–Crippen LogP) is 14.7. The quantitative estimate of drug-likeness (QED) is 0.0250. The molecule has 0 unspecified atom stereocenters. The van der Waals surface area contributed by atoms with E-state index in [1.807, 2.05) is 48.5 Å². The number of fused-ring (bicyclic) bond motifs is 3. The van der Waals surface area contributed by atoms with Crippen LogP contribution in [-0.2, 0) is 27.5 Å². The minimum absolute atomic E-state index is 0.0126. The lowest BCUT2D eigenvalue weighted by Crippen LogP contribution is -2.70. The van der Waals surface area contributed by atoms with E-state index in [0.717, 1.165) is 103 Å². The predicted molar refractivity (Wildman–Crippen MR) is 308 cm³/mol. The number of hydrogen-bond donors (Lipinski definition) is 3. The van der Waals surface area contributed by atoms with Crippen LogP contribution in [0.15, 0.2) is 120 Å². The molecule has 4 aromatic rings.